The molecule has 1 N–H and O–H groups in total. The molecule has 4 aromatic rings. The number of para-hydroxylation sites is 2. The van der Waals surface area contributed by atoms with Crippen molar-refractivity contribution in [1.29, 1.82) is 0 Å². The molecule has 0 saturated carbocycles. The van der Waals surface area contributed by atoms with E-state index < -0.39 is 0 Å². The highest BCUT2D eigenvalue weighted by molar-refractivity contribution is 8.00. The van der Waals surface area contributed by atoms with Gasteiger partial charge in [0.2, 0.25) is 11.8 Å². The summed E-state index contributed by atoms with van der Waals surface area (Å²) in [6.07, 6.45) is 1.31. The summed E-state index contributed by atoms with van der Waals surface area (Å²) in [5.41, 5.74) is 2.61. The Hall–Kier alpha value is -3.05. The number of hydrogen-bond donors (Lipinski definition) is 1. The Kier molecular flexibility index (Phi) is 5.91. The number of fused-ring (bicyclic) bond motifs is 3. The second-order valence-electron chi connectivity index (χ2n) is 7.29. The molecule has 0 spiro atoms. The zero-order valence-electron chi connectivity index (χ0n) is 17.1. The Labute approximate surface area is 180 Å². The minimum Gasteiger partial charge on any atom is -0.326 e. The molecule has 152 valence electrons. The molecule has 4 nitrogen and oxygen atoms in total. The molecule has 3 aromatic carbocycles. The molecule has 0 aliphatic carbocycles. The molecule has 1 unspecified atom stereocenters. The SMILES string of the molecule is CCCC(=O)Nc1cccc(SC(C)C(=O)n2c3ccccc3c3ccccc32)c1. The molecule has 30 heavy (non-hydrogen) atoms. The molecule has 0 bridgehead atoms. The number of carbonyl (C=O) groups excluding carboxylic acids is 2. The Balaban J connectivity index is 1.61. The summed E-state index contributed by atoms with van der Waals surface area (Å²) in [6, 6.07) is 23.7. The van der Waals surface area contributed by atoms with Crippen LogP contribution in [0.2, 0.25) is 0 Å². The van der Waals surface area contributed by atoms with E-state index in [4.69, 9.17) is 0 Å². The van der Waals surface area contributed by atoms with Gasteiger partial charge in [-0.1, -0.05) is 49.4 Å². The average molecular weight is 417 g/mol. The maximum Gasteiger partial charge on any atom is 0.244 e. The number of nitrogens with zero attached hydrogens (tertiary/aromatic N) is 1. The van der Waals surface area contributed by atoms with Gasteiger partial charge in [-0.2, -0.15) is 0 Å². The van der Waals surface area contributed by atoms with E-state index in [0.717, 1.165) is 38.8 Å². The van der Waals surface area contributed by atoms with Crippen LogP contribution in [-0.4, -0.2) is 21.6 Å². The molecular weight excluding hydrogens is 392 g/mol. The van der Waals surface area contributed by atoms with E-state index in [9.17, 15) is 9.59 Å². The summed E-state index contributed by atoms with van der Waals surface area (Å²) in [5.74, 6) is 0.0480. The van der Waals surface area contributed by atoms with Gasteiger partial charge in [0.1, 0.15) is 0 Å². The molecule has 0 saturated heterocycles. The Bertz CT molecular complexity index is 1180. The predicted octanol–water partition coefficient (Wildman–Crippen LogP) is 6.35. The van der Waals surface area contributed by atoms with E-state index in [2.05, 4.69) is 17.4 Å². The zero-order valence-corrected chi connectivity index (χ0v) is 17.9. The van der Waals surface area contributed by atoms with E-state index in [1.165, 1.54) is 11.8 Å². The number of carbonyl (C=O) groups is 2. The van der Waals surface area contributed by atoms with Gasteiger partial charge in [-0.3, -0.25) is 14.2 Å². The van der Waals surface area contributed by atoms with Gasteiger partial charge >= 0.3 is 0 Å². The van der Waals surface area contributed by atoms with Crippen molar-refractivity contribution in [2.75, 3.05) is 5.32 Å². The molecule has 0 aliphatic heterocycles. The summed E-state index contributed by atoms with van der Waals surface area (Å²) in [4.78, 5) is 26.3. The fourth-order valence-corrected chi connectivity index (χ4v) is 4.66. The average Bonchev–Trinajstić information content (AvgIpc) is 3.08. The summed E-state index contributed by atoms with van der Waals surface area (Å²) < 4.78 is 1.83. The Morgan fingerprint density at radius 1 is 0.933 bits per heavy atom. The first-order valence-corrected chi connectivity index (χ1v) is 11.1. The van der Waals surface area contributed by atoms with Crippen molar-refractivity contribution < 1.29 is 9.59 Å². The monoisotopic (exact) mass is 416 g/mol. The lowest BCUT2D eigenvalue weighted by molar-refractivity contribution is -0.116. The van der Waals surface area contributed by atoms with Gasteiger partial charge in [0, 0.05) is 27.8 Å². The number of nitrogens with one attached hydrogen (secondary N) is 1. The predicted molar refractivity (Wildman–Crippen MR) is 125 cm³/mol. The minimum absolute atomic E-state index is 0.00838. The van der Waals surface area contributed by atoms with Crippen LogP contribution in [-0.2, 0) is 4.79 Å². The normalized spacial score (nSPS) is 12.2. The smallest absolute Gasteiger partial charge is 0.244 e. The Morgan fingerprint density at radius 2 is 1.57 bits per heavy atom. The molecule has 1 atom stereocenters. The van der Waals surface area contributed by atoms with Gasteiger partial charge in [-0.15, -0.1) is 11.8 Å². The van der Waals surface area contributed by atoms with E-state index in [1.807, 2.05) is 79.1 Å². The largest absolute Gasteiger partial charge is 0.326 e. The summed E-state index contributed by atoms with van der Waals surface area (Å²) in [5, 5.41) is 4.80. The van der Waals surface area contributed by atoms with Crippen molar-refractivity contribution in [2.24, 2.45) is 0 Å². The third-order valence-corrected chi connectivity index (χ3v) is 6.14. The van der Waals surface area contributed by atoms with E-state index >= 15 is 0 Å². The summed E-state index contributed by atoms with van der Waals surface area (Å²) >= 11 is 1.50. The van der Waals surface area contributed by atoms with Gasteiger partial charge in [-0.05, 0) is 43.7 Å². The number of anilines is 1. The van der Waals surface area contributed by atoms with Crippen LogP contribution >= 0.6 is 11.8 Å². The second kappa shape index (κ2) is 8.76. The van der Waals surface area contributed by atoms with Crippen molar-refractivity contribution in [3.8, 4) is 0 Å². The highest BCUT2D eigenvalue weighted by atomic mass is 32.2. The highest BCUT2D eigenvalue weighted by Crippen LogP contribution is 2.32. The fraction of sp³-hybridized carbons (Fsp3) is 0.200. The fourth-order valence-electron chi connectivity index (χ4n) is 3.69. The van der Waals surface area contributed by atoms with Gasteiger partial charge in [0.15, 0.2) is 0 Å². The van der Waals surface area contributed by atoms with Crippen LogP contribution in [0.25, 0.3) is 21.8 Å². The van der Waals surface area contributed by atoms with Crippen molar-refractivity contribution in [1.82, 2.24) is 4.57 Å². The summed E-state index contributed by atoms with van der Waals surface area (Å²) in [7, 11) is 0. The third kappa shape index (κ3) is 3.98. The van der Waals surface area contributed by atoms with E-state index in [1.54, 1.807) is 0 Å². The number of rotatable bonds is 6. The number of amides is 1. The third-order valence-electron chi connectivity index (χ3n) is 5.06. The number of thioether (sulfide) groups is 1. The zero-order chi connectivity index (χ0) is 21.1. The standard InChI is InChI=1S/C25H24N2O2S/c1-3-9-24(28)26-18-10-8-11-19(16-18)30-17(2)25(29)27-22-14-6-4-12-20(22)21-13-5-7-15-23(21)27/h4-8,10-17H,3,9H2,1-2H3,(H,26,28). The molecule has 0 aliphatic rings. The van der Waals surface area contributed by atoms with Gasteiger partial charge in [0.05, 0.1) is 16.3 Å². The molecule has 1 heterocycles. The lowest BCUT2D eigenvalue weighted by Crippen LogP contribution is -2.21. The minimum atomic E-state index is -0.286. The van der Waals surface area contributed by atoms with Gasteiger partial charge in [0.25, 0.3) is 0 Å². The molecule has 1 amide bonds. The molecule has 1 aromatic heterocycles. The first-order valence-electron chi connectivity index (χ1n) is 10.2. The van der Waals surface area contributed by atoms with Crippen molar-refractivity contribution in [3.05, 3.63) is 72.8 Å². The molecule has 0 fully saturated rings. The maximum atomic E-state index is 13.5. The lowest BCUT2D eigenvalue weighted by Gasteiger charge is -2.14. The Morgan fingerprint density at radius 3 is 2.20 bits per heavy atom. The van der Waals surface area contributed by atoms with Gasteiger partial charge in [-0.25, -0.2) is 0 Å². The quantitative estimate of drug-likeness (QED) is 0.372. The first kappa shape index (κ1) is 20.2. The topological polar surface area (TPSA) is 51.1 Å². The second-order valence-corrected chi connectivity index (χ2v) is 8.71. The van der Waals surface area contributed by atoms with Crippen LogP contribution in [0.15, 0.2) is 77.7 Å². The molecule has 5 heteroatoms. The van der Waals surface area contributed by atoms with Crippen LogP contribution in [0, 0.1) is 0 Å². The van der Waals surface area contributed by atoms with E-state index in [0.29, 0.717) is 6.42 Å². The van der Waals surface area contributed by atoms with Crippen LogP contribution in [0.4, 0.5) is 5.69 Å². The van der Waals surface area contributed by atoms with Crippen molar-refractivity contribution >= 4 is 51.1 Å². The summed E-state index contributed by atoms with van der Waals surface area (Å²) in [6.45, 7) is 3.91. The van der Waals surface area contributed by atoms with Crippen molar-refractivity contribution in [2.45, 2.75) is 36.8 Å². The van der Waals surface area contributed by atoms with Crippen LogP contribution < -0.4 is 5.32 Å². The van der Waals surface area contributed by atoms with Crippen LogP contribution in [0.5, 0.6) is 0 Å². The first-order chi connectivity index (χ1) is 14.6. The lowest BCUT2D eigenvalue weighted by atomic mass is 10.2. The van der Waals surface area contributed by atoms with Crippen LogP contribution in [0.1, 0.15) is 31.5 Å². The number of hydrogen-bond acceptors (Lipinski definition) is 3. The van der Waals surface area contributed by atoms with Crippen LogP contribution in [0.3, 0.4) is 0 Å². The number of benzene rings is 3. The van der Waals surface area contributed by atoms with E-state index in [-0.39, 0.29) is 17.1 Å². The molecular formula is C25H24N2O2S. The molecule has 0 radical (unpaired) electrons. The number of aromatic nitrogens is 1. The highest BCUT2D eigenvalue weighted by Gasteiger charge is 2.21. The van der Waals surface area contributed by atoms with Crippen molar-refractivity contribution in [3.63, 3.8) is 0 Å². The van der Waals surface area contributed by atoms with Gasteiger partial charge < -0.3 is 5.32 Å². The molecule has 4 rings (SSSR count). The maximum absolute atomic E-state index is 13.5.